The molecule has 1 atom stereocenters. The molecule has 1 aliphatic heterocycles. The van der Waals surface area contributed by atoms with Crippen LogP contribution in [-0.4, -0.2) is 25.0 Å². The van der Waals surface area contributed by atoms with Crippen LogP contribution in [0, 0.1) is 6.92 Å². The van der Waals surface area contributed by atoms with Crippen molar-refractivity contribution >= 4 is 5.91 Å². The first-order valence-corrected chi connectivity index (χ1v) is 5.32. The topological polar surface area (TPSA) is 41.1 Å². The molecule has 1 aliphatic rings. The minimum absolute atomic E-state index is 0.0681. The lowest BCUT2D eigenvalue weighted by Gasteiger charge is -2.23. The molecule has 1 heterocycles. The number of carbonyl (C=O) groups excluding carboxylic acids is 1. The zero-order valence-corrected chi connectivity index (χ0v) is 8.92. The predicted molar refractivity (Wildman–Crippen MR) is 59.7 cm³/mol. The highest BCUT2D eigenvalue weighted by Gasteiger charge is 2.20. The van der Waals surface area contributed by atoms with Gasteiger partial charge in [-0.05, 0) is 18.9 Å². The third-order valence-corrected chi connectivity index (χ3v) is 2.69. The third kappa shape index (κ3) is 2.57. The molecule has 0 radical (unpaired) electrons. The molecule has 0 spiro atoms. The summed E-state index contributed by atoms with van der Waals surface area (Å²) in [6, 6.07) is 8.26. The third-order valence-electron chi connectivity index (χ3n) is 2.69. The lowest BCUT2D eigenvalue weighted by molar-refractivity contribution is -0.124. The Morgan fingerprint density at radius 3 is 2.67 bits per heavy atom. The molecule has 1 aromatic carbocycles. The number of benzene rings is 1. The first kappa shape index (κ1) is 10.2. The fraction of sp³-hybridized carbons (Fsp3) is 0.417. The van der Waals surface area contributed by atoms with Crippen molar-refractivity contribution < 1.29 is 4.79 Å². The molecule has 1 amide bonds. The van der Waals surface area contributed by atoms with E-state index in [9.17, 15) is 4.79 Å². The SMILES string of the molecule is Cc1ccc(C[C@@H]2NCCNC2=O)cc1. The molecule has 0 saturated carbocycles. The molecule has 3 heteroatoms. The van der Waals surface area contributed by atoms with Gasteiger partial charge in [0.05, 0.1) is 6.04 Å². The van der Waals surface area contributed by atoms with Gasteiger partial charge in [-0.2, -0.15) is 0 Å². The van der Waals surface area contributed by atoms with E-state index < -0.39 is 0 Å². The maximum atomic E-state index is 11.5. The lowest BCUT2D eigenvalue weighted by Crippen LogP contribution is -2.53. The van der Waals surface area contributed by atoms with Gasteiger partial charge in [0.2, 0.25) is 5.91 Å². The first-order chi connectivity index (χ1) is 7.25. The van der Waals surface area contributed by atoms with E-state index in [-0.39, 0.29) is 11.9 Å². The van der Waals surface area contributed by atoms with Gasteiger partial charge in [-0.1, -0.05) is 29.8 Å². The number of piperazine rings is 1. The smallest absolute Gasteiger partial charge is 0.237 e. The Bertz CT molecular complexity index is 345. The van der Waals surface area contributed by atoms with Gasteiger partial charge >= 0.3 is 0 Å². The maximum absolute atomic E-state index is 11.5. The summed E-state index contributed by atoms with van der Waals surface area (Å²) < 4.78 is 0. The quantitative estimate of drug-likeness (QED) is 0.741. The van der Waals surface area contributed by atoms with Crippen molar-refractivity contribution in [2.75, 3.05) is 13.1 Å². The summed E-state index contributed by atoms with van der Waals surface area (Å²) in [6.07, 6.45) is 0.770. The second kappa shape index (κ2) is 4.45. The molecule has 0 bridgehead atoms. The van der Waals surface area contributed by atoms with Gasteiger partial charge in [0.15, 0.2) is 0 Å². The summed E-state index contributed by atoms with van der Waals surface area (Å²) in [6.45, 7) is 3.67. The average molecular weight is 204 g/mol. The van der Waals surface area contributed by atoms with E-state index >= 15 is 0 Å². The molecule has 2 rings (SSSR count). The van der Waals surface area contributed by atoms with Crippen molar-refractivity contribution in [1.82, 2.24) is 10.6 Å². The molecule has 2 N–H and O–H groups in total. The molecule has 0 unspecified atom stereocenters. The van der Waals surface area contributed by atoms with Crippen LogP contribution in [-0.2, 0) is 11.2 Å². The zero-order valence-electron chi connectivity index (χ0n) is 8.92. The molecule has 15 heavy (non-hydrogen) atoms. The van der Waals surface area contributed by atoms with Crippen molar-refractivity contribution in [3.63, 3.8) is 0 Å². The summed E-state index contributed by atoms with van der Waals surface area (Å²) in [4.78, 5) is 11.5. The Hall–Kier alpha value is -1.35. The summed E-state index contributed by atoms with van der Waals surface area (Å²) in [5.41, 5.74) is 2.45. The van der Waals surface area contributed by atoms with Gasteiger partial charge < -0.3 is 10.6 Å². The van der Waals surface area contributed by atoms with Gasteiger partial charge in [-0.25, -0.2) is 0 Å². The second-order valence-electron chi connectivity index (χ2n) is 3.99. The van der Waals surface area contributed by atoms with Crippen LogP contribution in [0.5, 0.6) is 0 Å². The average Bonchev–Trinajstić information content (AvgIpc) is 2.25. The largest absolute Gasteiger partial charge is 0.353 e. The summed E-state index contributed by atoms with van der Waals surface area (Å²) in [5, 5.41) is 6.08. The lowest BCUT2D eigenvalue weighted by atomic mass is 10.0. The molecule has 80 valence electrons. The van der Waals surface area contributed by atoms with Crippen LogP contribution in [0.2, 0.25) is 0 Å². The number of amides is 1. The highest BCUT2D eigenvalue weighted by molar-refractivity contribution is 5.82. The van der Waals surface area contributed by atoms with Gasteiger partial charge in [0.25, 0.3) is 0 Å². The Balaban J connectivity index is 2.01. The summed E-state index contributed by atoms with van der Waals surface area (Å²) >= 11 is 0. The van der Waals surface area contributed by atoms with Gasteiger partial charge in [0, 0.05) is 13.1 Å². The molecule has 1 fully saturated rings. The fourth-order valence-electron chi connectivity index (χ4n) is 1.77. The van der Waals surface area contributed by atoms with Gasteiger partial charge in [-0.3, -0.25) is 4.79 Å². The molecule has 0 aliphatic carbocycles. The van der Waals surface area contributed by atoms with Gasteiger partial charge in [0.1, 0.15) is 0 Å². The first-order valence-electron chi connectivity index (χ1n) is 5.32. The van der Waals surface area contributed by atoms with Crippen molar-refractivity contribution in [1.29, 1.82) is 0 Å². The Morgan fingerprint density at radius 1 is 1.27 bits per heavy atom. The number of carbonyl (C=O) groups is 1. The molecule has 1 saturated heterocycles. The van der Waals surface area contributed by atoms with Crippen LogP contribution < -0.4 is 10.6 Å². The number of hydrogen-bond acceptors (Lipinski definition) is 2. The summed E-state index contributed by atoms with van der Waals surface area (Å²) in [7, 11) is 0. The predicted octanol–water partition coefficient (Wildman–Crippen LogP) is 0.626. The normalized spacial score (nSPS) is 21.1. The minimum atomic E-state index is -0.0681. The summed E-state index contributed by atoms with van der Waals surface area (Å²) in [5.74, 6) is 0.113. The molecule has 1 aromatic rings. The van der Waals surface area contributed by atoms with E-state index in [0.717, 1.165) is 19.5 Å². The Morgan fingerprint density at radius 2 is 2.00 bits per heavy atom. The van der Waals surface area contributed by atoms with Crippen LogP contribution in [0.25, 0.3) is 0 Å². The van der Waals surface area contributed by atoms with Crippen LogP contribution in [0.15, 0.2) is 24.3 Å². The van der Waals surface area contributed by atoms with Crippen molar-refractivity contribution in [3.8, 4) is 0 Å². The number of aryl methyl sites for hydroxylation is 1. The molecular weight excluding hydrogens is 188 g/mol. The number of nitrogens with one attached hydrogen (secondary N) is 2. The molecular formula is C12H16N2O. The number of hydrogen-bond donors (Lipinski definition) is 2. The number of rotatable bonds is 2. The Labute approximate surface area is 89.9 Å². The zero-order chi connectivity index (χ0) is 10.7. The van der Waals surface area contributed by atoms with Gasteiger partial charge in [-0.15, -0.1) is 0 Å². The minimum Gasteiger partial charge on any atom is -0.353 e. The highest BCUT2D eigenvalue weighted by Crippen LogP contribution is 2.07. The maximum Gasteiger partial charge on any atom is 0.237 e. The van der Waals surface area contributed by atoms with Crippen molar-refractivity contribution in [3.05, 3.63) is 35.4 Å². The van der Waals surface area contributed by atoms with Crippen LogP contribution >= 0.6 is 0 Å². The van der Waals surface area contributed by atoms with Crippen LogP contribution in [0.1, 0.15) is 11.1 Å². The fourth-order valence-corrected chi connectivity index (χ4v) is 1.77. The van der Waals surface area contributed by atoms with E-state index in [0.29, 0.717) is 0 Å². The van der Waals surface area contributed by atoms with Crippen LogP contribution in [0.3, 0.4) is 0 Å². The molecule has 3 nitrogen and oxygen atoms in total. The van der Waals surface area contributed by atoms with Crippen LogP contribution in [0.4, 0.5) is 0 Å². The monoisotopic (exact) mass is 204 g/mol. The van der Waals surface area contributed by atoms with E-state index in [4.69, 9.17) is 0 Å². The highest BCUT2D eigenvalue weighted by atomic mass is 16.2. The second-order valence-corrected chi connectivity index (χ2v) is 3.99. The van der Waals surface area contributed by atoms with E-state index in [1.54, 1.807) is 0 Å². The molecule has 0 aromatic heterocycles. The van der Waals surface area contributed by atoms with Crippen molar-refractivity contribution in [2.24, 2.45) is 0 Å². The Kier molecular flexibility index (Phi) is 3.02. The van der Waals surface area contributed by atoms with E-state index in [2.05, 4.69) is 41.8 Å². The van der Waals surface area contributed by atoms with E-state index in [1.807, 2.05) is 0 Å². The van der Waals surface area contributed by atoms with E-state index in [1.165, 1.54) is 11.1 Å². The van der Waals surface area contributed by atoms with Crippen molar-refractivity contribution in [2.45, 2.75) is 19.4 Å². The standard InChI is InChI=1S/C12H16N2O/c1-9-2-4-10(5-3-9)8-11-12(15)14-7-6-13-11/h2-5,11,13H,6-8H2,1H3,(H,14,15)/t11-/m0/s1.